The Labute approximate surface area is 175 Å². The van der Waals surface area contributed by atoms with Crippen molar-refractivity contribution in [2.45, 2.75) is 31.6 Å². The van der Waals surface area contributed by atoms with E-state index in [1.807, 2.05) is 55.5 Å². The maximum atomic E-state index is 13.3. The number of halogens is 1. The summed E-state index contributed by atoms with van der Waals surface area (Å²) in [5, 5.41) is 10.5. The van der Waals surface area contributed by atoms with Crippen LogP contribution in [0.25, 0.3) is 0 Å². The SMILES string of the molecule is COc1ccc([C@@H]2C3=C(C[C@@H](c4ccc(Cl)cc4)CC3=O)N=C(C)C2C#N)cc1. The van der Waals surface area contributed by atoms with Gasteiger partial charge in [-0.05, 0) is 54.7 Å². The minimum absolute atomic E-state index is 0.0727. The van der Waals surface area contributed by atoms with E-state index in [-0.39, 0.29) is 17.6 Å². The zero-order chi connectivity index (χ0) is 20.5. The van der Waals surface area contributed by atoms with Gasteiger partial charge in [0.25, 0.3) is 0 Å². The quantitative estimate of drug-likeness (QED) is 0.683. The summed E-state index contributed by atoms with van der Waals surface area (Å²) < 4.78 is 5.25. The molecule has 0 amide bonds. The van der Waals surface area contributed by atoms with E-state index >= 15 is 0 Å². The van der Waals surface area contributed by atoms with Crippen molar-refractivity contribution in [1.82, 2.24) is 0 Å². The van der Waals surface area contributed by atoms with Crippen molar-refractivity contribution in [1.29, 1.82) is 5.26 Å². The molecule has 5 heteroatoms. The lowest BCUT2D eigenvalue weighted by atomic mass is 9.69. The Morgan fingerprint density at radius 2 is 1.72 bits per heavy atom. The second-order valence-corrected chi connectivity index (χ2v) is 7.99. The first-order valence-corrected chi connectivity index (χ1v) is 10.00. The molecule has 0 spiro atoms. The summed E-state index contributed by atoms with van der Waals surface area (Å²) in [5.41, 5.74) is 4.29. The minimum Gasteiger partial charge on any atom is -0.497 e. The molecular formula is C24H21ClN2O2. The third-order valence-electron chi connectivity index (χ3n) is 5.84. The van der Waals surface area contributed by atoms with Crippen LogP contribution in [0.2, 0.25) is 5.02 Å². The lowest BCUT2D eigenvalue weighted by Crippen LogP contribution is -2.32. The monoisotopic (exact) mass is 404 g/mol. The van der Waals surface area contributed by atoms with Gasteiger partial charge in [0.2, 0.25) is 0 Å². The van der Waals surface area contributed by atoms with Crippen molar-refractivity contribution < 1.29 is 9.53 Å². The number of ketones is 1. The smallest absolute Gasteiger partial charge is 0.161 e. The van der Waals surface area contributed by atoms with Crippen molar-refractivity contribution in [3.05, 3.63) is 76.0 Å². The van der Waals surface area contributed by atoms with E-state index in [9.17, 15) is 10.1 Å². The van der Waals surface area contributed by atoms with Gasteiger partial charge in [0.1, 0.15) is 5.75 Å². The summed E-state index contributed by atoms with van der Waals surface area (Å²) >= 11 is 6.01. The Morgan fingerprint density at radius 1 is 1.07 bits per heavy atom. The van der Waals surface area contributed by atoms with Crippen LogP contribution in [0, 0.1) is 17.2 Å². The highest BCUT2D eigenvalue weighted by atomic mass is 35.5. The maximum Gasteiger partial charge on any atom is 0.161 e. The van der Waals surface area contributed by atoms with Crippen molar-refractivity contribution in [2.75, 3.05) is 7.11 Å². The van der Waals surface area contributed by atoms with Gasteiger partial charge in [-0.15, -0.1) is 0 Å². The van der Waals surface area contributed by atoms with E-state index in [4.69, 9.17) is 21.3 Å². The highest BCUT2D eigenvalue weighted by molar-refractivity contribution is 6.30. The molecule has 3 atom stereocenters. The summed E-state index contributed by atoms with van der Waals surface area (Å²) in [6, 6.07) is 17.7. The van der Waals surface area contributed by atoms with Crippen LogP contribution in [0.5, 0.6) is 5.75 Å². The maximum absolute atomic E-state index is 13.3. The molecule has 0 aromatic heterocycles. The lowest BCUT2D eigenvalue weighted by Gasteiger charge is -2.35. The van der Waals surface area contributed by atoms with Gasteiger partial charge in [0, 0.05) is 34.3 Å². The fourth-order valence-corrected chi connectivity index (χ4v) is 4.49. The van der Waals surface area contributed by atoms with Gasteiger partial charge in [-0.3, -0.25) is 9.79 Å². The number of nitrogens with zero attached hydrogens (tertiary/aromatic N) is 2. The number of hydrogen-bond acceptors (Lipinski definition) is 4. The number of hydrogen-bond donors (Lipinski definition) is 0. The molecule has 0 saturated carbocycles. The average Bonchev–Trinajstić information content (AvgIpc) is 2.73. The summed E-state index contributed by atoms with van der Waals surface area (Å²) in [7, 11) is 1.62. The number of benzene rings is 2. The molecule has 2 aliphatic rings. The molecule has 0 saturated heterocycles. The van der Waals surface area contributed by atoms with Crippen LogP contribution in [0.3, 0.4) is 0 Å². The number of methoxy groups -OCH3 is 1. The first-order valence-electron chi connectivity index (χ1n) is 9.62. The lowest BCUT2D eigenvalue weighted by molar-refractivity contribution is -0.116. The predicted molar refractivity (Wildman–Crippen MR) is 113 cm³/mol. The van der Waals surface area contributed by atoms with Crippen LogP contribution in [-0.4, -0.2) is 18.6 Å². The molecule has 1 aliphatic carbocycles. The van der Waals surface area contributed by atoms with Crippen molar-refractivity contribution >= 4 is 23.1 Å². The number of ether oxygens (including phenoxy) is 1. The molecule has 2 aromatic carbocycles. The molecule has 4 nitrogen and oxygen atoms in total. The third kappa shape index (κ3) is 3.59. The van der Waals surface area contributed by atoms with Crippen molar-refractivity contribution in [3.8, 4) is 11.8 Å². The van der Waals surface area contributed by atoms with Crippen LogP contribution in [0.15, 0.2) is 64.8 Å². The predicted octanol–water partition coefficient (Wildman–Crippen LogP) is 5.45. The van der Waals surface area contributed by atoms with Gasteiger partial charge in [-0.2, -0.15) is 5.26 Å². The second kappa shape index (κ2) is 7.85. The van der Waals surface area contributed by atoms with Gasteiger partial charge in [0.15, 0.2) is 5.78 Å². The van der Waals surface area contributed by atoms with Crippen LogP contribution in [-0.2, 0) is 4.79 Å². The van der Waals surface area contributed by atoms with E-state index in [1.54, 1.807) is 7.11 Å². The number of rotatable bonds is 3. The number of Topliss-reactive ketones (excluding diaryl/α,β-unsaturated/α-hetero) is 1. The van der Waals surface area contributed by atoms with Gasteiger partial charge >= 0.3 is 0 Å². The van der Waals surface area contributed by atoms with E-state index in [0.717, 1.165) is 28.3 Å². The Morgan fingerprint density at radius 3 is 2.34 bits per heavy atom. The Hall–Kier alpha value is -2.90. The normalized spacial score (nSPS) is 23.9. The van der Waals surface area contributed by atoms with Crippen LogP contribution >= 0.6 is 11.6 Å². The zero-order valence-corrected chi connectivity index (χ0v) is 17.1. The molecule has 29 heavy (non-hydrogen) atoms. The number of aliphatic imine (C=N–C) groups is 1. The summed E-state index contributed by atoms with van der Waals surface area (Å²) in [5.74, 6) is 0.152. The highest BCUT2D eigenvalue weighted by Gasteiger charge is 2.41. The topological polar surface area (TPSA) is 62.4 Å². The standard InChI is InChI=1S/C24H21ClN2O2/c1-14-20(13-26)23(16-5-9-19(29-2)10-6-16)24-21(27-14)11-17(12-22(24)28)15-3-7-18(25)8-4-15/h3-10,17,20,23H,11-12H2,1-2H3/t17-,20?,23+/m1/s1. The second-order valence-electron chi connectivity index (χ2n) is 7.55. The van der Waals surface area contributed by atoms with Crippen molar-refractivity contribution in [2.24, 2.45) is 10.9 Å². The van der Waals surface area contributed by atoms with Crippen molar-refractivity contribution in [3.63, 3.8) is 0 Å². The summed E-state index contributed by atoms with van der Waals surface area (Å²) in [6.45, 7) is 1.88. The third-order valence-corrected chi connectivity index (χ3v) is 6.10. The Kier molecular flexibility index (Phi) is 5.25. The Bertz CT molecular complexity index is 1050. The van der Waals surface area contributed by atoms with Crippen LogP contribution < -0.4 is 4.74 Å². The number of carbonyl (C=O) groups excluding carboxylic acids is 1. The van der Waals surface area contributed by atoms with Crippen LogP contribution in [0.1, 0.15) is 42.7 Å². The van der Waals surface area contributed by atoms with Gasteiger partial charge in [-0.25, -0.2) is 0 Å². The molecule has 1 heterocycles. The first-order chi connectivity index (χ1) is 14.0. The molecular weight excluding hydrogens is 384 g/mol. The largest absolute Gasteiger partial charge is 0.497 e. The molecule has 2 aromatic rings. The van der Waals surface area contributed by atoms with E-state index in [2.05, 4.69) is 6.07 Å². The van der Waals surface area contributed by atoms with Gasteiger partial charge < -0.3 is 4.74 Å². The minimum atomic E-state index is -0.446. The molecule has 4 rings (SSSR count). The number of nitriles is 1. The number of carbonyl (C=O) groups is 1. The molecule has 1 aliphatic heterocycles. The highest BCUT2D eigenvalue weighted by Crippen LogP contribution is 2.46. The zero-order valence-electron chi connectivity index (χ0n) is 16.4. The first kappa shape index (κ1) is 19.4. The fraction of sp³-hybridized carbons (Fsp3) is 0.292. The molecule has 0 radical (unpaired) electrons. The van der Waals surface area contributed by atoms with E-state index < -0.39 is 5.92 Å². The van der Waals surface area contributed by atoms with Gasteiger partial charge in [-0.1, -0.05) is 35.9 Å². The summed E-state index contributed by atoms with van der Waals surface area (Å²) in [4.78, 5) is 18.0. The Balaban J connectivity index is 1.76. The molecule has 0 fully saturated rings. The number of allylic oxidation sites excluding steroid dienone is 2. The molecule has 1 unspecified atom stereocenters. The summed E-state index contributed by atoms with van der Waals surface area (Å²) in [6.07, 6.45) is 1.10. The molecule has 0 bridgehead atoms. The fourth-order valence-electron chi connectivity index (χ4n) is 4.37. The van der Waals surface area contributed by atoms with Crippen LogP contribution in [0.4, 0.5) is 0 Å². The molecule has 0 N–H and O–H groups in total. The molecule has 146 valence electrons. The van der Waals surface area contributed by atoms with E-state index in [0.29, 0.717) is 23.4 Å². The van der Waals surface area contributed by atoms with E-state index in [1.165, 1.54) is 0 Å². The van der Waals surface area contributed by atoms with Gasteiger partial charge in [0.05, 0.1) is 19.1 Å². The average molecular weight is 405 g/mol.